The minimum absolute atomic E-state index is 0.0291. The molecular formula is C11H20N4O2. The number of hydrogen-bond acceptors (Lipinski definition) is 4. The molecule has 3 N–H and O–H groups in total. The number of likely N-dealkylation sites (N-methyl/N-ethyl adjacent to an activating group) is 1. The number of urea groups is 1. The third-order valence-corrected chi connectivity index (χ3v) is 3.48. The maximum atomic E-state index is 12.0. The predicted octanol–water partition coefficient (Wildman–Crippen LogP) is -0.122. The molecule has 2 aliphatic rings. The molecule has 0 aromatic rings. The molecule has 2 atom stereocenters. The summed E-state index contributed by atoms with van der Waals surface area (Å²) in [5, 5.41) is 0. The van der Waals surface area contributed by atoms with Gasteiger partial charge in [0.2, 0.25) is 0 Å². The van der Waals surface area contributed by atoms with E-state index in [4.69, 9.17) is 10.6 Å². The Bertz CT molecular complexity index is 321. The summed E-state index contributed by atoms with van der Waals surface area (Å²) < 4.78 is 0. The number of amides is 2. The van der Waals surface area contributed by atoms with E-state index in [1.54, 1.807) is 0 Å². The Kier molecular flexibility index (Phi) is 3.54. The van der Waals surface area contributed by atoms with Crippen molar-refractivity contribution in [1.82, 2.24) is 15.3 Å². The molecule has 17 heavy (non-hydrogen) atoms. The largest absolute Gasteiger partial charge is 0.328 e. The van der Waals surface area contributed by atoms with Gasteiger partial charge in [0.1, 0.15) is 0 Å². The van der Waals surface area contributed by atoms with E-state index in [9.17, 15) is 4.79 Å². The van der Waals surface area contributed by atoms with Crippen LogP contribution in [0.5, 0.6) is 0 Å². The van der Waals surface area contributed by atoms with Crippen LogP contribution in [0.25, 0.3) is 0 Å². The van der Waals surface area contributed by atoms with Gasteiger partial charge in [-0.05, 0) is 12.8 Å². The highest BCUT2D eigenvalue weighted by atomic mass is 16.6. The van der Waals surface area contributed by atoms with Crippen LogP contribution >= 0.6 is 0 Å². The van der Waals surface area contributed by atoms with Gasteiger partial charge in [-0.15, -0.1) is 0 Å². The van der Waals surface area contributed by atoms with Crippen molar-refractivity contribution in [2.24, 2.45) is 5.73 Å². The molecule has 2 heterocycles. The molecule has 0 aromatic heterocycles. The maximum absolute atomic E-state index is 12.0. The van der Waals surface area contributed by atoms with E-state index >= 15 is 0 Å². The summed E-state index contributed by atoms with van der Waals surface area (Å²) in [7, 11) is 1.86. The van der Waals surface area contributed by atoms with Crippen molar-refractivity contribution >= 4 is 6.03 Å². The summed E-state index contributed by atoms with van der Waals surface area (Å²) in [6.45, 7) is 5.62. The van der Waals surface area contributed by atoms with Gasteiger partial charge >= 0.3 is 6.03 Å². The first-order chi connectivity index (χ1) is 8.15. The lowest BCUT2D eigenvalue weighted by Gasteiger charge is -2.32. The van der Waals surface area contributed by atoms with Crippen LogP contribution in [0.4, 0.5) is 4.79 Å². The van der Waals surface area contributed by atoms with Gasteiger partial charge in [-0.1, -0.05) is 6.58 Å². The van der Waals surface area contributed by atoms with Crippen LogP contribution in [0.1, 0.15) is 12.8 Å². The van der Waals surface area contributed by atoms with Crippen molar-refractivity contribution in [2.75, 3.05) is 26.7 Å². The molecular weight excluding hydrogens is 220 g/mol. The van der Waals surface area contributed by atoms with Gasteiger partial charge in [-0.2, -0.15) is 0 Å². The van der Waals surface area contributed by atoms with Gasteiger partial charge in [-0.3, -0.25) is 10.3 Å². The maximum Gasteiger partial charge on any atom is 0.320 e. The molecule has 6 heteroatoms. The Morgan fingerprint density at radius 1 is 1.65 bits per heavy atom. The van der Waals surface area contributed by atoms with Crippen LogP contribution in [0.15, 0.2) is 12.3 Å². The van der Waals surface area contributed by atoms with Crippen LogP contribution in [-0.4, -0.2) is 54.7 Å². The highest BCUT2D eigenvalue weighted by Gasteiger charge is 2.43. The summed E-state index contributed by atoms with van der Waals surface area (Å²) in [5.74, 6) is 0. The van der Waals surface area contributed by atoms with Gasteiger partial charge in [0.05, 0.1) is 24.4 Å². The van der Waals surface area contributed by atoms with Crippen molar-refractivity contribution < 1.29 is 9.63 Å². The van der Waals surface area contributed by atoms with Crippen LogP contribution in [0, 0.1) is 0 Å². The Morgan fingerprint density at radius 3 is 3.12 bits per heavy atom. The monoisotopic (exact) mass is 240 g/mol. The summed E-state index contributed by atoms with van der Waals surface area (Å²) in [6, 6.07) is 0.470. The Labute approximate surface area is 101 Å². The molecule has 6 nitrogen and oxygen atoms in total. The zero-order chi connectivity index (χ0) is 12.4. The molecule has 2 bridgehead atoms. The number of hydroxylamine groups is 1. The van der Waals surface area contributed by atoms with E-state index in [1.165, 1.54) is 0 Å². The van der Waals surface area contributed by atoms with Crippen LogP contribution in [0.3, 0.4) is 0 Å². The minimum Gasteiger partial charge on any atom is -0.328 e. The third-order valence-electron chi connectivity index (χ3n) is 3.48. The molecule has 2 amide bonds. The molecule has 2 rings (SSSR count). The summed E-state index contributed by atoms with van der Waals surface area (Å²) in [4.78, 5) is 20.8. The number of piperidine rings is 1. The van der Waals surface area contributed by atoms with E-state index in [0.717, 1.165) is 25.1 Å². The second kappa shape index (κ2) is 4.93. The SMILES string of the molecule is C=C(NOCCN)[C@@H]1CC[C@@H]2CN1C(=O)N2C. The molecule has 2 fully saturated rings. The molecule has 96 valence electrons. The quantitative estimate of drug-likeness (QED) is 0.519. The fourth-order valence-corrected chi connectivity index (χ4v) is 2.47. The van der Waals surface area contributed by atoms with E-state index in [1.807, 2.05) is 16.8 Å². The number of hydrogen-bond donors (Lipinski definition) is 2. The average molecular weight is 240 g/mol. The number of rotatable bonds is 5. The van der Waals surface area contributed by atoms with E-state index < -0.39 is 0 Å². The standard InChI is InChI=1S/C11H20N4O2/c1-8(13-17-6-5-12)10-4-3-9-7-15(10)11(16)14(9)2/h9-10,13H,1,3-7,12H2,2H3/t9-,10+/m1/s1. The molecule has 0 radical (unpaired) electrons. The lowest BCUT2D eigenvalue weighted by Crippen LogP contribution is -2.44. The zero-order valence-corrected chi connectivity index (χ0v) is 10.2. The first kappa shape index (κ1) is 12.2. The highest BCUT2D eigenvalue weighted by molar-refractivity contribution is 5.78. The van der Waals surface area contributed by atoms with Crippen molar-refractivity contribution in [2.45, 2.75) is 24.9 Å². The van der Waals surface area contributed by atoms with Crippen LogP contribution in [0.2, 0.25) is 0 Å². The molecule has 2 saturated heterocycles. The lowest BCUT2D eigenvalue weighted by molar-refractivity contribution is 0.0557. The summed E-state index contributed by atoms with van der Waals surface area (Å²) >= 11 is 0. The molecule has 0 spiro atoms. The number of nitrogens with zero attached hydrogens (tertiary/aromatic N) is 2. The lowest BCUT2D eigenvalue weighted by atomic mass is 9.99. The zero-order valence-electron chi connectivity index (χ0n) is 10.2. The number of nitrogens with one attached hydrogen (secondary N) is 1. The Morgan fingerprint density at radius 2 is 2.41 bits per heavy atom. The number of carbonyl (C=O) groups is 1. The van der Waals surface area contributed by atoms with Crippen LogP contribution in [-0.2, 0) is 4.84 Å². The predicted molar refractivity (Wildman–Crippen MR) is 64.0 cm³/mol. The van der Waals surface area contributed by atoms with Gasteiger partial charge < -0.3 is 15.5 Å². The minimum atomic E-state index is 0.0291. The molecule has 0 aliphatic carbocycles. The highest BCUT2D eigenvalue weighted by Crippen LogP contribution is 2.30. The third kappa shape index (κ3) is 2.23. The van der Waals surface area contributed by atoms with Gasteiger partial charge in [0.15, 0.2) is 0 Å². The average Bonchev–Trinajstić information content (AvgIpc) is 2.55. The Hall–Kier alpha value is -1.27. The van der Waals surface area contributed by atoms with Gasteiger partial charge in [-0.25, -0.2) is 4.79 Å². The van der Waals surface area contributed by atoms with Gasteiger partial charge in [0.25, 0.3) is 0 Å². The topological polar surface area (TPSA) is 70.8 Å². The number of nitrogens with two attached hydrogens (primary N) is 1. The van der Waals surface area contributed by atoms with E-state index in [0.29, 0.717) is 19.2 Å². The number of fused-ring (bicyclic) bond motifs is 2. The molecule has 0 aromatic carbocycles. The second-order valence-corrected chi connectivity index (χ2v) is 4.56. The van der Waals surface area contributed by atoms with E-state index in [-0.39, 0.29) is 12.1 Å². The summed E-state index contributed by atoms with van der Waals surface area (Å²) in [5.41, 5.74) is 8.85. The van der Waals surface area contributed by atoms with Crippen molar-refractivity contribution in [3.63, 3.8) is 0 Å². The molecule has 0 saturated carbocycles. The Balaban J connectivity index is 1.93. The van der Waals surface area contributed by atoms with Crippen molar-refractivity contribution in [1.29, 1.82) is 0 Å². The van der Waals surface area contributed by atoms with Gasteiger partial charge in [0, 0.05) is 20.1 Å². The molecule has 0 unspecified atom stereocenters. The second-order valence-electron chi connectivity index (χ2n) is 4.56. The smallest absolute Gasteiger partial charge is 0.320 e. The van der Waals surface area contributed by atoms with Crippen molar-refractivity contribution in [3.05, 3.63) is 12.3 Å². The first-order valence-electron chi connectivity index (χ1n) is 5.95. The first-order valence-corrected chi connectivity index (χ1v) is 5.95. The van der Waals surface area contributed by atoms with Crippen molar-refractivity contribution in [3.8, 4) is 0 Å². The van der Waals surface area contributed by atoms with E-state index in [2.05, 4.69) is 12.1 Å². The molecule has 2 aliphatic heterocycles. The fraction of sp³-hybridized carbons (Fsp3) is 0.727. The van der Waals surface area contributed by atoms with Crippen LogP contribution < -0.4 is 11.2 Å². The summed E-state index contributed by atoms with van der Waals surface area (Å²) in [6.07, 6.45) is 1.94. The fourth-order valence-electron chi connectivity index (χ4n) is 2.47. The number of carbonyl (C=O) groups excluding carboxylic acids is 1. The normalized spacial score (nSPS) is 27.5.